The third-order valence-corrected chi connectivity index (χ3v) is 6.34. The Morgan fingerprint density at radius 3 is 2.13 bits per heavy atom. The van der Waals surface area contributed by atoms with Crippen LogP contribution in [0.2, 0.25) is 0 Å². The standard InChI is InChI=1S/C29H36N6O4/c1-2-8-23(30)27(37)34-35-29(39)33-24(16-14-19-9-4-3-5-10-19)28(38)32-25(26(31)36)18-20-13-15-21-11-6-7-12-22(21)17-20/h3-7,9-13,15,17,23-25H,2,8,14,16,18,30H2,1H3,(H2,31,36)(H,32,38)(H,34,37)(H2,33,35,39)/t23-,24+,25+/m1/s1. The maximum atomic E-state index is 13.3. The van der Waals surface area contributed by atoms with E-state index in [0.29, 0.717) is 19.3 Å². The Morgan fingerprint density at radius 2 is 1.44 bits per heavy atom. The summed E-state index contributed by atoms with van der Waals surface area (Å²) in [5.41, 5.74) is 17.7. The first kappa shape index (κ1) is 29.1. The first-order valence-corrected chi connectivity index (χ1v) is 13.0. The molecule has 3 atom stereocenters. The first-order chi connectivity index (χ1) is 18.8. The van der Waals surface area contributed by atoms with Crippen molar-refractivity contribution in [2.45, 2.75) is 57.2 Å². The molecule has 0 bridgehead atoms. The van der Waals surface area contributed by atoms with Gasteiger partial charge in [0, 0.05) is 6.42 Å². The lowest BCUT2D eigenvalue weighted by Crippen LogP contribution is -2.58. The number of benzene rings is 3. The molecule has 0 saturated heterocycles. The summed E-state index contributed by atoms with van der Waals surface area (Å²) in [6, 6.07) is 19.5. The Labute approximate surface area is 227 Å². The monoisotopic (exact) mass is 532 g/mol. The molecule has 0 fully saturated rings. The third kappa shape index (κ3) is 9.11. The lowest BCUT2D eigenvalue weighted by atomic mass is 10.0. The molecule has 0 aliphatic carbocycles. The van der Waals surface area contributed by atoms with Crippen LogP contribution in [0.3, 0.4) is 0 Å². The summed E-state index contributed by atoms with van der Waals surface area (Å²) in [6.45, 7) is 1.89. The van der Waals surface area contributed by atoms with Crippen molar-refractivity contribution in [1.29, 1.82) is 0 Å². The van der Waals surface area contributed by atoms with E-state index < -0.39 is 41.9 Å². The number of fused-ring (bicyclic) bond motifs is 1. The van der Waals surface area contributed by atoms with Crippen LogP contribution in [0, 0.1) is 0 Å². The number of urea groups is 1. The van der Waals surface area contributed by atoms with E-state index in [9.17, 15) is 19.2 Å². The number of hydrogen-bond donors (Lipinski definition) is 6. The second-order valence-corrected chi connectivity index (χ2v) is 9.41. The highest BCUT2D eigenvalue weighted by Gasteiger charge is 2.26. The lowest BCUT2D eigenvalue weighted by Gasteiger charge is -2.23. The smallest absolute Gasteiger partial charge is 0.334 e. The molecule has 3 rings (SSSR count). The van der Waals surface area contributed by atoms with Crippen LogP contribution in [0.1, 0.15) is 37.3 Å². The molecule has 206 valence electrons. The second kappa shape index (κ2) is 14.5. The minimum atomic E-state index is -1.01. The zero-order chi connectivity index (χ0) is 28.2. The van der Waals surface area contributed by atoms with E-state index in [2.05, 4.69) is 21.5 Å². The van der Waals surface area contributed by atoms with Crippen LogP contribution < -0.4 is 33.0 Å². The summed E-state index contributed by atoms with van der Waals surface area (Å²) in [5, 5.41) is 7.33. The molecule has 0 heterocycles. The number of carbonyl (C=O) groups excluding carboxylic acids is 4. The highest BCUT2D eigenvalue weighted by atomic mass is 16.2. The number of nitrogens with one attached hydrogen (secondary N) is 4. The largest absolute Gasteiger partial charge is 0.368 e. The van der Waals surface area contributed by atoms with E-state index in [1.54, 1.807) is 0 Å². The quantitative estimate of drug-likeness (QED) is 0.195. The van der Waals surface area contributed by atoms with Gasteiger partial charge in [-0.1, -0.05) is 86.1 Å². The van der Waals surface area contributed by atoms with Crippen molar-refractivity contribution in [2.24, 2.45) is 11.5 Å². The van der Waals surface area contributed by atoms with Gasteiger partial charge in [0.05, 0.1) is 6.04 Å². The van der Waals surface area contributed by atoms with Crippen molar-refractivity contribution in [3.63, 3.8) is 0 Å². The van der Waals surface area contributed by atoms with Crippen LogP contribution in [0.5, 0.6) is 0 Å². The fourth-order valence-electron chi connectivity index (χ4n) is 4.17. The van der Waals surface area contributed by atoms with Crippen molar-refractivity contribution >= 4 is 34.5 Å². The fraction of sp³-hybridized carbons (Fsp3) is 0.310. The maximum absolute atomic E-state index is 13.3. The van der Waals surface area contributed by atoms with Crippen molar-refractivity contribution in [1.82, 2.24) is 21.5 Å². The van der Waals surface area contributed by atoms with Crippen LogP contribution in [0.15, 0.2) is 72.8 Å². The highest BCUT2D eigenvalue weighted by molar-refractivity contribution is 5.92. The van der Waals surface area contributed by atoms with Gasteiger partial charge in [-0.3, -0.25) is 19.8 Å². The summed E-state index contributed by atoms with van der Waals surface area (Å²) in [4.78, 5) is 50.1. The first-order valence-electron chi connectivity index (χ1n) is 13.0. The number of primary amides is 1. The van der Waals surface area contributed by atoms with Crippen LogP contribution >= 0.6 is 0 Å². The van der Waals surface area contributed by atoms with Crippen LogP contribution in [0.4, 0.5) is 4.79 Å². The average Bonchev–Trinajstić information content (AvgIpc) is 2.94. The summed E-state index contributed by atoms with van der Waals surface area (Å²) < 4.78 is 0. The molecule has 10 heteroatoms. The van der Waals surface area contributed by atoms with Gasteiger partial charge in [0.25, 0.3) is 5.91 Å². The summed E-state index contributed by atoms with van der Waals surface area (Å²) in [7, 11) is 0. The van der Waals surface area contributed by atoms with Gasteiger partial charge in [-0.25, -0.2) is 10.2 Å². The maximum Gasteiger partial charge on any atom is 0.334 e. The lowest BCUT2D eigenvalue weighted by molar-refractivity contribution is -0.128. The Kier molecular flexibility index (Phi) is 10.8. The van der Waals surface area contributed by atoms with Crippen molar-refractivity contribution in [3.8, 4) is 0 Å². The average molecular weight is 533 g/mol. The van der Waals surface area contributed by atoms with E-state index in [-0.39, 0.29) is 12.8 Å². The van der Waals surface area contributed by atoms with Crippen LogP contribution in [-0.4, -0.2) is 41.9 Å². The zero-order valence-electron chi connectivity index (χ0n) is 22.0. The number of carbonyl (C=O) groups is 4. The second-order valence-electron chi connectivity index (χ2n) is 9.41. The van der Waals surface area contributed by atoms with Crippen molar-refractivity contribution in [2.75, 3.05) is 0 Å². The molecule has 0 aliphatic rings. The number of amides is 5. The molecule has 0 aromatic heterocycles. The van der Waals surface area contributed by atoms with E-state index in [1.165, 1.54) is 0 Å². The SMILES string of the molecule is CCC[C@@H](N)C(=O)NNC(=O)N[C@@H](CCc1ccccc1)C(=O)N[C@@H](Cc1ccc2ccccc2c1)C(N)=O. The van der Waals surface area contributed by atoms with Gasteiger partial charge in [0.15, 0.2) is 0 Å². The Balaban J connectivity index is 1.68. The van der Waals surface area contributed by atoms with Gasteiger partial charge in [-0.15, -0.1) is 0 Å². The summed E-state index contributed by atoms with van der Waals surface area (Å²) in [6.07, 6.45) is 2.09. The van der Waals surface area contributed by atoms with Crippen LogP contribution in [-0.2, 0) is 27.2 Å². The van der Waals surface area contributed by atoms with Crippen molar-refractivity contribution in [3.05, 3.63) is 83.9 Å². The number of nitrogens with two attached hydrogens (primary N) is 2. The zero-order valence-corrected chi connectivity index (χ0v) is 22.0. The van der Waals surface area contributed by atoms with Crippen LogP contribution in [0.25, 0.3) is 10.8 Å². The normalized spacial score (nSPS) is 13.1. The fourth-order valence-corrected chi connectivity index (χ4v) is 4.17. The predicted molar refractivity (Wildman–Crippen MR) is 150 cm³/mol. The van der Waals surface area contributed by atoms with Gasteiger partial charge in [0.2, 0.25) is 11.8 Å². The molecule has 3 aromatic rings. The topological polar surface area (TPSA) is 168 Å². The molecule has 0 aliphatic heterocycles. The molecule has 5 amide bonds. The molecule has 0 spiro atoms. The van der Waals surface area contributed by atoms with Gasteiger partial charge in [-0.05, 0) is 41.2 Å². The number of hydrogen-bond acceptors (Lipinski definition) is 5. The molecule has 10 nitrogen and oxygen atoms in total. The summed E-state index contributed by atoms with van der Waals surface area (Å²) >= 11 is 0. The van der Waals surface area contributed by atoms with Gasteiger partial charge < -0.3 is 22.1 Å². The minimum Gasteiger partial charge on any atom is -0.368 e. The Hall–Kier alpha value is -4.44. The molecule has 0 radical (unpaired) electrons. The number of rotatable bonds is 12. The van der Waals surface area contributed by atoms with E-state index in [0.717, 1.165) is 21.9 Å². The molecule has 39 heavy (non-hydrogen) atoms. The van der Waals surface area contributed by atoms with Crippen molar-refractivity contribution < 1.29 is 19.2 Å². The molecule has 0 unspecified atom stereocenters. The van der Waals surface area contributed by atoms with E-state index in [4.69, 9.17) is 11.5 Å². The van der Waals surface area contributed by atoms with Gasteiger partial charge >= 0.3 is 6.03 Å². The molecule has 0 saturated carbocycles. The molecule has 3 aromatic carbocycles. The van der Waals surface area contributed by atoms with Gasteiger partial charge in [0.1, 0.15) is 12.1 Å². The van der Waals surface area contributed by atoms with Gasteiger partial charge in [-0.2, -0.15) is 0 Å². The Bertz CT molecular complexity index is 1280. The summed E-state index contributed by atoms with van der Waals surface area (Å²) in [5.74, 6) is -1.80. The van der Waals surface area contributed by atoms with E-state index >= 15 is 0 Å². The highest BCUT2D eigenvalue weighted by Crippen LogP contribution is 2.17. The Morgan fingerprint density at radius 1 is 0.744 bits per heavy atom. The number of hydrazine groups is 1. The predicted octanol–water partition coefficient (Wildman–Crippen LogP) is 1.81. The number of aryl methyl sites for hydroxylation is 1. The molecular weight excluding hydrogens is 496 g/mol. The minimum absolute atomic E-state index is 0.189. The molecule has 8 N–H and O–H groups in total. The third-order valence-electron chi connectivity index (χ3n) is 6.34. The van der Waals surface area contributed by atoms with E-state index in [1.807, 2.05) is 79.7 Å². The molecular formula is C29H36N6O4.